The van der Waals surface area contributed by atoms with Crippen LogP contribution in [0.1, 0.15) is 19.3 Å². The first kappa shape index (κ1) is 9.26. The van der Waals surface area contributed by atoms with E-state index in [1.807, 2.05) is 0 Å². The summed E-state index contributed by atoms with van der Waals surface area (Å²) in [6.07, 6.45) is 2.11. The van der Waals surface area contributed by atoms with E-state index < -0.39 is 12.2 Å². The van der Waals surface area contributed by atoms with Crippen molar-refractivity contribution in [2.24, 2.45) is 0 Å². The number of aliphatic hydroxyl groups excluding tert-OH is 2. The van der Waals surface area contributed by atoms with Crippen molar-refractivity contribution in [1.82, 2.24) is 5.32 Å². The fourth-order valence-corrected chi connectivity index (χ4v) is 2.01. The number of hydrogen-bond donors (Lipinski definition) is 3. The second kappa shape index (κ2) is 3.27. The van der Waals surface area contributed by atoms with E-state index in [9.17, 15) is 10.2 Å². The quantitative estimate of drug-likeness (QED) is 0.477. The maximum atomic E-state index is 9.36. The lowest BCUT2D eigenvalue weighted by molar-refractivity contribution is 0.0327. The maximum Gasteiger partial charge on any atom is 0.0967 e. The molecule has 2 aliphatic rings. The van der Waals surface area contributed by atoms with E-state index >= 15 is 0 Å². The summed E-state index contributed by atoms with van der Waals surface area (Å²) in [5.41, 5.74) is 0. The Morgan fingerprint density at radius 1 is 1.00 bits per heavy atom. The van der Waals surface area contributed by atoms with E-state index in [0.29, 0.717) is 0 Å². The molecule has 2 bridgehead atoms. The zero-order valence-corrected chi connectivity index (χ0v) is 7.05. The molecule has 2 saturated heterocycles. The van der Waals surface area contributed by atoms with Gasteiger partial charge in [0.1, 0.15) is 0 Å². The Balaban J connectivity index is 0.000000605. The lowest BCUT2D eigenvalue weighted by Gasteiger charge is -2.20. The zero-order valence-electron chi connectivity index (χ0n) is 6.23. The highest BCUT2D eigenvalue weighted by Crippen LogP contribution is 2.26. The molecule has 0 aliphatic carbocycles. The summed E-state index contributed by atoms with van der Waals surface area (Å²) in [5, 5.41) is 21.9. The Morgan fingerprint density at radius 2 is 1.45 bits per heavy atom. The first-order valence-corrected chi connectivity index (χ1v) is 3.91. The van der Waals surface area contributed by atoms with Gasteiger partial charge in [-0.1, -0.05) is 6.42 Å². The molecular weight excluding hydrogens is 166 g/mol. The summed E-state index contributed by atoms with van der Waals surface area (Å²) in [6, 6.07) is 0.322. The molecule has 3 N–H and O–H groups in total. The van der Waals surface area contributed by atoms with Gasteiger partial charge in [0.25, 0.3) is 0 Å². The van der Waals surface area contributed by atoms with Crippen LogP contribution < -0.4 is 5.32 Å². The Bertz CT molecular complexity index is 126. The molecule has 0 saturated carbocycles. The highest BCUT2D eigenvalue weighted by molar-refractivity contribution is 5.85. The van der Waals surface area contributed by atoms with Gasteiger partial charge in [0, 0.05) is 12.1 Å². The van der Waals surface area contributed by atoms with Crippen LogP contribution in [0, 0.1) is 0 Å². The monoisotopic (exact) mass is 179 g/mol. The molecule has 11 heavy (non-hydrogen) atoms. The van der Waals surface area contributed by atoms with Gasteiger partial charge in [0.05, 0.1) is 12.2 Å². The lowest BCUT2D eigenvalue weighted by atomic mass is 10.1. The van der Waals surface area contributed by atoms with Gasteiger partial charge < -0.3 is 15.5 Å². The highest BCUT2D eigenvalue weighted by Gasteiger charge is 2.42. The minimum Gasteiger partial charge on any atom is -0.389 e. The van der Waals surface area contributed by atoms with Crippen molar-refractivity contribution < 1.29 is 10.2 Å². The van der Waals surface area contributed by atoms with Crippen LogP contribution in [0.25, 0.3) is 0 Å². The molecular formula is C7H14ClNO2. The SMILES string of the molecule is Cl.O[C@@H]1[C@H](O)[C@H]2CCC[C@@H]1N2. The van der Waals surface area contributed by atoms with Gasteiger partial charge in [-0.05, 0) is 12.8 Å². The highest BCUT2D eigenvalue weighted by atomic mass is 35.5. The normalized spacial score (nSPS) is 48.5. The molecule has 0 spiro atoms. The number of halogens is 1. The van der Waals surface area contributed by atoms with Crippen molar-refractivity contribution in [3.8, 4) is 0 Å². The minimum atomic E-state index is -0.521. The van der Waals surface area contributed by atoms with Crippen LogP contribution in [0.4, 0.5) is 0 Å². The van der Waals surface area contributed by atoms with Gasteiger partial charge in [-0.2, -0.15) is 0 Å². The van der Waals surface area contributed by atoms with Crippen LogP contribution in [0.3, 0.4) is 0 Å². The molecule has 4 heteroatoms. The van der Waals surface area contributed by atoms with Crippen molar-refractivity contribution in [2.45, 2.75) is 43.6 Å². The van der Waals surface area contributed by atoms with Crippen LogP contribution in [0.2, 0.25) is 0 Å². The molecule has 0 unspecified atom stereocenters. The average Bonchev–Trinajstić information content (AvgIpc) is 2.17. The molecule has 66 valence electrons. The van der Waals surface area contributed by atoms with Gasteiger partial charge in [-0.15, -0.1) is 12.4 Å². The number of fused-ring (bicyclic) bond motifs is 2. The summed E-state index contributed by atoms with van der Waals surface area (Å²) in [5.74, 6) is 0. The largest absolute Gasteiger partial charge is 0.389 e. The molecule has 0 aromatic heterocycles. The first-order chi connectivity index (χ1) is 4.79. The van der Waals surface area contributed by atoms with E-state index in [1.54, 1.807) is 0 Å². The van der Waals surface area contributed by atoms with Gasteiger partial charge >= 0.3 is 0 Å². The number of hydrogen-bond acceptors (Lipinski definition) is 3. The summed E-state index contributed by atoms with van der Waals surface area (Å²) in [6.45, 7) is 0. The number of rotatable bonds is 0. The smallest absolute Gasteiger partial charge is 0.0967 e. The molecule has 3 nitrogen and oxygen atoms in total. The third-order valence-corrected chi connectivity index (χ3v) is 2.63. The molecule has 0 aromatic carbocycles. The molecule has 0 aromatic rings. The molecule has 2 rings (SSSR count). The first-order valence-electron chi connectivity index (χ1n) is 3.91. The summed E-state index contributed by atoms with van der Waals surface area (Å²) in [7, 11) is 0. The summed E-state index contributed by atoms with van der Waals surface area (Å²) < 4.78 is 0. The molecule has 2 heterocycles. The molecule has 0 radical (unpaired) electrons. The Morgan fingerprint density at radius 3 is 1.82 bits per heavy atom. The Labute approximate surface area is 72.2 Å². The van der Waals surface area contributed by atoms with Crippen molar-refractivity contribution in [1.29, 1.82) is 0 Å². The fraction of sp³-hybridized carbons (Fsp3) is 1.00. The van der Waals surface area contributed by atoms with Gasteiger partial charge in [-0.25, -0.2) is 0 Å². The van der Waals surface area contributed by atoms with Crippen LogP contribution in [0.5, 0.6) is 0 Å². The number of aliphatic hydroxyl groups is 2. The van der Waals surface area contributed by atoms with E-state index in [4.69, 9.17) is 0 Å². The predicted octanol–water partition coefficient (Wildman–Crippen LogP) is -0.346. The summed E-state index contributed by atoms with van der Waals surface area (Å²) >= 11 is 0. The topological polar surface area (TPSA) is 52.5 Å². The van der Waals surface area contributed by atoms with Gasteiger partial charge in [0.15, 0.2) is 0 Å². The zero-order chi connectivity index (χ0) is 7.14. The van der Waals surface area contributed by atoms with Crippen LogP contribution in [0.15, 0.2) is 0 Å². The van der Waals surface area contributed by atoms with E-state index in [2.05, 4.69) is 5.32 Å². The van der Waals surface area contributed by atoms with Gasteiger partial charge in [0.2, 0.25) is 0 Å². The van der Waals surface area contributed by atoms with Crippen molar-refractivity contribution in [2.75, 3.05) is 0 Å². The van der Waals surface area contributed by atoms with Crippen LogP contribution >= 0.6 is 12.4 Å². The third kappa shape index (κ3) is 1.38. The number of nitrogens with one attached hydrogen (secondary N) is 1. The Kier molecular flexibility index (Phi) is 2.75. The minimum absolute atomic E-state index is 0. The second-order valence-corrected chi connectivity index (χ2v) is 3.29. The van der Waals surface area contributed by atoms with Crippen LogP contribution in [-0.2, 0) is 0 Å². The second-order valence-electron chi connectivity index (χ2n) is 3.29. The number of piperidine rings is 1. The lowest BCUT2D eigenvalue weighted by Crippen LogP contribution is -2.37. The third-order valence-electron chi connectivity index (χ3n) is 2.63. The van der Waals surface area contributed by atoms with Gasteiger partial charge in [-0.3, -0.25) is 0 Å². The summed E-state index contributed by atoms with van der Waals surface area (Å²) in [4.78, 5) is 0. The predicted molar refractivity (Wildman–Crippen MR) is 43.8 cm³/mol. The van der Waals surface area contributed by atoms with E-state index in [1.165, 1.54) is 0 Å². The fourth-order valence-electron chi connectivity index (χ4n) is 2.01. The maximum absolute atomic E-state index is 9.36. The molecule has 4 atom stereocenters. The molecule has 2 aliphatic heterocycles. The van der Waals surface area contributed by atoms with Crippen LogP contribution in [-0.4, -0.2) is 34.5 Å². The van der Waals surface area contributed by atoms with E-state index in [-0.39, 0.29) is 24.5 Å². The molecule has 0 amide bonds. The van der Waals surface area contributed by atoms with Crippen molar-refractivity contribution in [3.05, 3.63) is 0 Å². The Hall–Kier alpha value is 0.170. The van der Waals surface area contributed by atoms with Crippen molar-refractivity contribution >= 4 is 12.4 Å². The van der Waals surface area contributed by atoms with Crippen molar-refractivity contribution in [3.63, 3.8) is 0 Å². The average molecular weight is 180 g/mol. The van der Waals surface area contributed by atoms with E-state index in [0.717, 1.165) is 19.3 Å². The molecule has 2 fully saturated rings. The standard InChI is InChI=1S/C7H13NO2.ClH/c9-6-4-2-1-3-5(8-4)7(6)10;/h4-10H,1-3H2;1H/t4-,5+,6-,7+;.